The van der Waals surface area contributed by atoms with Crippen molar-refractivity contribution in [1.82, 2.24) is 5.32 Å². The maximum Gasteiger partial charge on any atom is 0.169 e. The van der Waals surface area contributed by atoms with Crippen molar-refractivity contribution in [2.24, 2.45) is 0 Å². The molecule has 0 aliphatic carbocycles. The molecular formula is C10H15NO3. The second kappa shape index (κ2) is 5.72. The van der Waals surface area contributed by atoms with Gasteiger partial charge in [-0.15, -0.1) is 0 Å². The highest BCUT2D eigenvalue weighted by molar-refractivity contribution is 5.14. The molecule has 0 aromatic heterocycles. The number of aliphatic hydroxyl groups excluding tert-OH is 2. The van der Waals surface area contributed by atoms with Crippen LogP contribution in [0.15, 0.2) is 30.3 Å². The molecule has 1 aromatic carbocycles. The molecule has 1 aromatic rings. The SMILES string of the molecule is OCC(NCc1ccccc1)C(O)O. The third-order valence-corrected chi connectivity index (χ3v) is 1.97. The summed E-state index contributed by atoms with van der Waals surface area (Å²) in [6.07, 6.45) is -1.54. The molecule has 0 spiro atoms. The van der Waals surface area contributed by atoms with E-state index in [1.165, 1.54) is 0 Å². The molecule has 1 rings (SSSR count). The van der Waals surface area contributed by atoms with E-state index in [1.807, 2.05) is 30.3 Å². The van der Waals surface area contributed by atoms with Gasteiger partial charge < -0.3 is 20.6 Å². The van der Waals surface area contributed by atoms with Crippen LogP contribution >= 0.6 is 0 Å². The van der Waals surface area contributed by atoms with Gasteiger partial charge in [0.05, 0.1) is 12.6 Å². The maximum atomic E-state index is 8.82. The average Bonchev–Trinajstić information content (AvgIpc) is 2.20. The lowest BCUT2D eigenvalue weighted by atomic mass is 10.2. The Hall–Kier alpha value is -0.940. The zero-order valence-corrected chi connectivity index (χ0v) is 7.80. The molecule has 0 saturated carbocycles. The minimum absolute atomic E-state index is 0.301. The monoisotopic (exact) mass is 197 g/mol. The van der Waals surface area contributed by atoms with Gasteiger partial charge in [0.15, 0.2) is 6.29 Å². The summed E-state index contributed by atoms with van der Waals surface area (Å²) in [5.74, 6) is 0. The van der Waals surface area contributed by atoms with Gasteiger partial charge in [0, 0.05) is 6.54 Å². The van der Waals surface area contributed by atoms with Crippen LogP contribution in [0.1, 0.15) is 5.56 Å². The maximum absolute atomic E-state index is 8.82. The van der Waals surface area contributed by atoms with Crippen LogP contribution in [-0.4, -0.2) is 34.3 Å². The van der Waals surface area contributed by atoms with Gasteiger partial charge in [0.25, 0.3) is 0 Å². The summed E-state index contributed by atoms with van der Waals surface area (Å²) in [4.78, 5) is 0. The number of hydrogen-bond donors (Lipinski definition) is 4. The summed E-state index contributed by atoms with van der Waals surface area (Å²) in [6, 6.07) is 8.86. The molecule has 0 amide bonds. The quantitative estimate of drug-likeness (QED) is 0.478. The molecule has 0 aliphatic heterocycles. The van der Waals surface area contributed by atoms with Crippen LogP contribution in [0.25, 0.3) is 0 Å². The Labute approximate surface area is 82.8 Å². The molecule has 14 heavy (non-hydrogen) atoms. The molecule has 0 saturated heterocycles. The molecule has 0 fully saturated rings. The minimum atomic E-state index is -1.54. The number of rotatable bonds is 5. The Morgan fingerprint density at radius 1 is 1.14 bits per heavy atom. The fourth-order valence-electron chi connectivity index (χ4n) is 1.11. The fourth-order valence-corrected chi connectivity index (χ4v) is 1.11. The third-order valence-electron chi connectivity index (χ3n) is 1.97. The smallest absolute Gasteiger partial charge is 0.169 e. The molecule has 4 nitrogen and oxygen atoms in total. The predicted molar refractivity (Wildman–Crippen MR) is 52.4 cm³/mol. The second-order valence-corrected chi connectivity index (χ2v) is 3.07. The summed E-state index contributed by atoms with van der Waals surface area (Å²) < 4.78 is 0. The molecule has 0 aliphatic rings. The highest BCUT2D eigenvalue weighted by atomic mass is 16.5. The third kappa shape index (κ3) is 3.43. The van der Waals surface area contributed by atoms with E-state index in [0.29, 0.717) is 6.54 Å². The number of aliphatic hydroxyl groups is 3. The van der Waals surface area contributed by atoms with Gasteiger partial charge in [-0.05, 0) is 5.56 Å². The lowest BCUT2D eigenvalue weighted by Crippen LogP contribution is -2.42. The zero-order chi connectivity index (χ0) is 10.4. The van der Waals surface area contributed by atoms with Gasteiger partial charge in [0.1, 0.15) is 0 Å². The van der Waals surface area contributed by atoms with E-state index in [-0.39, 0.29) is 6.61 Å². The Morgan fingerprint density at radius 3 is 2.29 bits per heavy atom. The van der Waals surface area contributed by atoms with Crippen LogP contribution in [0.2, 0.25) is 0 Å². The molecular weight excluding hydrogens is 182 g/mol. The van der Waals surface area contributed by atoms with Gasteiger partial charge in [-0.25, -0.2) is 0 Å². The van der Waals surface area contributed by atoms with E-state index in [1.54, 1.807) is 0 Å². The molecule has 0 bridgehead atoms. The Bertz CT molecular complexity index is 251. The lowest BCUT2D eigenvalue weighted by Gasteiger charge is -2.17. The van der Waals surface area contributed by atoms with E-state index < -0.39 is 12.3 Å². The molecule has 4 heteroatoms. The topological polar surface area (TPSA) is 72.7 Å². The standard InChI is InChI=1S/C10H15NO3/c12-7-9(10(13)14)11-6-8-4-2-1-3-5-8/h1-5,9-14H,6-7H2. The van der Waals surface area contributed by atoms with Gasteiger partial charge >= 0.3 is 0 Å². The van der Waals surface area contributed by atoms with Crippen LogP contribution in [0.4, 0.5) is 0 Å². The zero-order valence-electron chi connectivity index (χ0n) is 7.80. The molecule has 0 heterocycles. The minimum Gasteiger partial charge on any atom is -0.395 e. The first-order chi connectivity index (χ1) is 6.74. The first-order valence-corrected chi connectivity index (χ1v) is 4.48. The van der Waals surface area contributed by atoms with Crippen molar-refractivity contribution in [2.75, 3.05) is 6.61 Å². The normalized spacial score (nSPS) is 13.1. The van der Waals surface area contributed by atoms with E-state index in [2.05, 4.69) is 5.32 Å². The Kier molecular flexibility index (Phi) is 4.55. The van der Waals surface area contributed by atoms with Crippen LogP contribution in [0, 0.1) is 0 Å². The highest BCUT2D eigenvalue weighted by Gasteiger charge is 2.13. The van der Waals surface area contributed by atoms with Crippen molar-refractivity contribution in [3.63, 3.8) is 0 Å². The fraction of sp³-hybridized carbons (Fsp3) is 0.400. The number of benzene rings is 1. The second-order valence-electron chi connectivity index (χ2n) is 3.07. The van der Waals surface area contributed by atoms with Crippen LogP contribution in [0.3, 0.4) is 0 Å². The molecule has 1 unspecified atom stereocenters. The van der Waals surface area contributed by atoms with E-state index >= 15 is 0 Å². The van der Waals surface area contributed by atoms with E-state index in [4.69, 9.17) is 15.3 Å². The summed E-state index contributed by atoms with van der Waals surface area (Å²) in [7, 11) is 0. The molecule has 1 atom stereocenters. The predicted octanol–water partition coefficient (Wildman–Crippen LogP) is -0.552. The summed E-state index contributed by atoms with van der Waals surface area (Å²) in [6.45, 7) is 0.203. The van der Waals surface area contributed by atoms with Gasteiger partial charge in [-0.1, -0.05) is 30.3 Å². The van der Waals surface area contributed by atoms with Crippen LogP contribution in [-0.2, 0) is 6.54 Å². The first-order valence-electron chi connectivity index (χ1n) is 4.48. The molecule has 4 N–H and O–H groups in total. The van der Waals surface area contributed by atoms with Crippen LogP contribution < -0.4 is 5.32 Å². The Balaban J connectivity index is 2.40. The van der Waals surface area contributed by atoms with Crippen molar-refractivity contribution >= 4 is 0 Å². The summed E-state index contributed by atoms with van der Waals surface area (Å²) in [5.41, 5.74) is 1.03. The Morgan fingerprint density at radius 2 is 1.79 bits per heavy atom. The molecule has 78 valence electrons. The van der Waals surface area contributed by atoms with Crippen LogP contribution in [0.5, 0.6) is 0 Å². The van der Waals surface area contributed by atoms with Crippen molar-refractivity contribution in [3.8, 4) is 0 Å². The average molecular weight is 197 g/mol. The lowest BCUT2D eigenvalue weighted by molar-refractivity contribution is -0.0781. The number of nitrogens with one attached hydrogen (secondary N) is 1. The van der Waals surface area contributed by atoms with Gasteiger partial charge in [-0.2, -0.15) is 0 Å². The van der Waals surface area contributed by atoms with E-state index in [9.17, 15) is 0 Å². The van der Waals surface area contributed by atoms with Gasteiger partial charge in [0.2, 0.25) is 0 Å². The highest BCUT2D eigenvalue weighted by Crippen LogP contribution is 1.99. The first kappa shape index (κ1) is 11.1. The number of hydrogen-bond acceptors (Lipinski definition) is 4. The largest absolute Gasteiger partial charge is 0.395 e. The molecule has 0 radical (unpaired) electrons. The van der Waals surface area contributed by atoms with Crippen molar-refractivity contribution < 1.29 is 15.3 Å². The van der Waals surface area contributed by atoms with Gasteiger partial charge in [-0.3, -0.25) is 0 Å². The summed E-state index contributed by atoms with van der Waals surface area (Å²) >= 11 is 0. The van der Waals surface area contributed by atoms with Crippen molar-refractivity contribution in [2.45, 2.75) is 18.9 Å². The van der Waals surface area contributed by atoms with E-state index in [0.717, 1.165) is 5.56 Å². The van der Waals surface area contributed by atoms with Crippen molar-refractivity contribution in [1.29, 1.82) is 0 Å². The summed E-state index contributed by atoms with van der Waals surface area (Å²) in [5, 5.41) is 29.3. The van der Waals surface area contributed by atoms with Crippen molar-refractivity contribution in [3.05, 3.63) is 35.9 Å².